The first-order chi connectivity index (χ1) is 16.1. The molecule has 0 bridgehead atoms. The fourth-order valence-corrected chi connectivity index (χ4v) is 4.91. The molecular weight excluding hydrogens is 440 g/mol. The Morgan fingerprint density at radius 2 is 1.79 bits per heavy atom. The van der Waals surface area contributed by atoms with Gasteiger partial charge in [0.15, 0.2) is 11.5 Å². The fourth-order valence-electron chi connectivity index (χ4n) is 4.28. The van der Waals surface area contributed by atoms with Gasteiger partial charge in [0.2, 0.25) is 6.79 Å². The third-order valence-electron chi connectivity index (χ3n) is 6.23. The average molecular weight is 465 g/mol. The van der Waals surface area contributed by atoms with E-state index in [1.165, 1.54) is 11.3 Å². The molecule has 1 fully saturated rings. The Balaban J connectivity index is 1.34. The number of fused-ring (bicyclic) bond motifs is 1. The van der Waals surface area contributed by atoms with E-state index in [-0.39, 0.29) is 24.0 Å². The van der Waals surface area contributed by atoms with Crippen LogP contribution < -0.4 is 20.1 Å². The van der Waals surface area contributed by atoms with E-state index in [0.29, 0.717) is 36.6 Å². The molecule has 2 aromatic carbocycles. The second-order valence-electron chi connectivity index (χ2n) is 8.16. The first kappa shape index (κ1) is 21.5. The van der Waals surface area contributed by atoms with E-state index < -0.39 is 0 Å². The summed E-state index contributed by atoms with van der Waals surface area (Å²) in [6.45, 7) is 1.91. The lowest BCUT2D eigenvalue weighted by atomic mass is 9.74. The lowest BCUT2D eigenvalue weighted by molar-refractivity contribution is 0.0486. The van der Waals surface area contributed by atoms with E-state index in [0.717, 1.165) is 29.9 Å². The monoisotopic (exact) mass is 464 g/mol. The number of benzene rings is 2. The zero-order chi connectivity index (χ0) is 22.7. The van der Waals surface area contributed by atoms with Crippen LogP contribution in [-0.2, 0) is 10.2 Å². The summed E-state index contributed by atoms with van der Waals surface area (Å²) in [4.78, 5) is 25.7. The van der Waals surface area contributed by atoms with Crippen LogP contribution in [0, 0.1) is 0 Å². The number of carbonyl (C=O) groups excluding carboxylic acids is 2. The lowest BCUT2D eigenvalue weighted by Gasteiger charge is -2.38. The van der Waals surface area contributed by atoms with Gasteiger partial charge in [0.25, 0.3) is 11.8 Å². The second-order valence-corrected chi connectivity index (χ2v) is 8.94. The molecular formula is C25H24N2O5S. The molecule has 5 rings (SSSR count). The molecule has 3 aromatic rings. The van der Waals surface area contributed by atoms with Crippen molar-refractivity contribution in [1.82, 2.24) is 5.32 Å². The van der Waals surface area contributed by atoms with Gasteiger partial charge in [-0.25, -0.2) is 0 Å². The number of para-hydroxylation sites is 1. The van der Waals surface area contributed by atoms with Crippen LogP contribution in [0.1, 0.15) is 39.1 Å². The van der Waals surface area contributed by atoms with Gasteiger partial charge in [-0.05, 0) is 54.1 Å². The largest absolute Gasteiger partial charge is 0.454 e. The Morgan fingerprint density at radius 3 is 2.61 bits per heavy atom. The highest BCUT2D eigenvalue weighted by atomic mass is 32.1. The Hall–Kier alpha value is -3.36. The van der Waals surface area contributed by atoms with Gasteiger partial charge >= 0.3 is 0 Å². The number of ether oxygens (including phenoxy) is 3. The molecule has 1 saturated heterocycles. The van der Waals surface area contributed by atoms with Crippen molar-refractivity contribution in [2.75, 3.05) is 31.9 Å². The van der Waals surface area contributed by atoms with Crippen LogP contribution in [0.15, 0.2) is 59.3 Å². The quantitative estimate of drug-likeness (QED) is 0.571. The molecule has 8 heteroatoms. The first-order valence-corrected chi connectivity index (χ1v) is 11.8. The number of hydrogen-bond acceptors (Lipinski definition) is 6. The maximum absolute atomic E-state index is 13.2. The average Bonchev–Trinajstić information content (AvgIpc) is 3.55. The molecule has 33 heavy (non-hydrogen) atoms. The molecule has 170 valence electrons. The van der Waals surface area contributed by atoms with E-state index in [4.69, 9.17) is 14.2 Å². The van der Waals surface area contributed by atoms with Crippen molar-refractivity contribution in [3.63, 3.8) is 0 Å². The van der Waals surface area contributed by atoms with Crippen LogP contribution in [0.5, 0.6) is 11.5 Å². The summed E-state index contributed by atoms with van der Waals surface area (Å²) >= 11 is 1.45. The van der Waals surface area contributed by atoms with Crippen LogP contribution in [0.25, 0.3) is 0 Å². The third kappa shape index (κ3) is 4.44. The highest BCUT2D eigenvalue weighted by Gasteiger charge is 2.36. The van der Waals surface area contributed by atoms with E-state index in [1.54, 1.807) is 35.7 Å². The molecule has 0 atom stereocenters. The number of rotatable bonds is 6. The zero-order valence-corrected chi connectivity index (χ0v) is 18.8. The minimum Gasteiger partial charge on any atom is -0.454 e. The Kier molecular flexibility index (Phi) is 6.02. The van der Waals surface area contributed by atoms with Crippen LogP contribution in [0.2, 0.25) is 0 Å². The van der Waals surface area contributed by atoms with Gasteiger partial charge in [0.05, 0.1) is 16.8 Å². The van der Waals surface area contributed by atoms with Crippen LogP contribution >= 0.6 is 11.3 Å². The number of carbonyl (C=O) groups is 2. The summed E-state index contributed by atoms with van der Waals surface area (Å²) < 4.78 is 16.6. The Bertz CT molecular complexity index is 1160. The van der Waals surface area contributed by atoms with Crippen molar-refractivity contribution >= 4 is 28.8 Å². The number of anilines is 1. The Labute approximate surface area is 195 Å². The van der Waals surface area contributed by atoms with Crippen LogP contribution in [0.3, 0.4) is 0 Å². The van der Waals surface area contributed by atoms with Crippen molar-refractivity contribution in [3.8, 4) is 11.5 Å². The summed E-state index contributed by atoms with van der Waals surface area (Å²) in [5, 5.41) is 9.59. The number of hydrogen-bond donors (Lipinski definition) is 2. The maximum Gasteiger partial charge on any atom is 0.256 e. The SMILES string of the molecule is O=C(Nc1ccccc1C(=O)NCC1(c2ccc3c(c2)OCO3)CCOCC1)c1ccsc1. The Morgan fingerprint density at radius 1 is 0.970 bits per heavy atom. The summed E-state index contributed by atoms with van der Waals surface area (Å²) in [6.07, 6.45) is 1.56. The van der Waals surface area contributed by atoms with Crippen molar-refractivity contribution in [2.45, 2.75) is 18.3 Å². The molecule has 3 heterocycles. The fraction of sp³-hybridized carbons (Fsp3) is 0.280. The number of amides is 2. The molecule has 2 aliphatic heterocycles. The minimum absolute atomic E-state index is 0.222. The summed E-state index contributed by atoms with van der Waals surface area (Å²) in [5.74, 6) is 0.993. The zero-order valence-electron chi connectivity index (χ0n) is 18.0. The number of thiophene rings is 1. The van der Waals surface area contributed by atoms with Crippen molar-refractivity contribution in [2.24, 2.45) is 0 Å². The minimum atomic E-state index is -0.274. The van der Waals surface area contributed by atoms with Gasteiger partial charge in [-0.2, -0.15) is 11.3 Å². The molecule has 2 N–H and O–H groups in total. The van der Waals surface area contributed by atoms with Gasteiger partial charge in [-0.3, -0.25) is 9.59 Å². The van der Waals surface area contributed by atoms with Gasteiger partial charge in [-0.1, -0.05) is 18.2 Å². The molecule has 0 aliphatic carbocycles. The molecule has 0 unspecified atom stereocenters. The highest BCUT2D eigenvalue weighted by Crippen LogP contribution is 2.40. The number of nitrogens with one attached hydrogen (secondary N) is 2. The topological polar surface area (TPSA) is 85.9 Å². The molecule has 2 aliphatic rings. The first-order valence-electron chi connectivity index (χ1n) is 10.8. The molecule has 7 nitrogen and oxygen atoms in total. The highest BCUT2D eigenvalue weighted by molar-refractivity contribution is 7.08. The van der Waals surface area contributed by atoms with E-state index in [9.17, 15) is 9.59 Å². The van der Waals surface area contributed by atoms with Crippen molar-refractivity contribution in [3.05, 3.63) is 76.0 Å². The maximum atomic E-state index is 13.2. The second kappa shape index (κ2) is 9.25. The van der Waals surface area contributed by atoms with Gasteiger partial charge in [0.1, 0.15) is 0 Å². The van der Waals surface area contributed by atoms with Crippen LogP contribution in [-0.4, -0.2) is 38.4 Å². The normalized spacial score (nSPS) is 16.2. The molecule has 2 amide bonds. The van der Waals surface area contributed by atoms with Crippen molar-refractivity contribution < 1.29 is 23.8 Å². The standard InChI is InChI=1S/C25H24N2O5S/c28-23(17-7-12-33-14-17)27-20-4-2-1-3-19(20)24(29)26-15-25(8-10-30-11-9-25)18-5-6-21-22(13-18)32-16-31-21/h1-7,12-14H,8-11,15-16H2,(H,26,29)(H,27,28). The van der Waals surface area contributed by atoms with E-state index >= 15 is 0 Å². The van der Waals surface area contributed by atoms with Gasteiger partial charge in [0, 0.05) is 30.6 Å². The lowest BCUT2D eigenvalue weighted by Crippen LogP contribution is -2.44. The summed E-state index contributed by atoms with van der Waals surface area (Å²) in [6, 6.07) is 14.8. The summed E-state index contributed by atoms with van der Waals surface area (Å²) in [7, 11) is 0. The van der Waals surface area contributed by atoms with Crippen molar-refractivity contribution in [1.29, 1.82) is 0 Å². The molecule has 0 radical (unpaired) electrons. The predicted molar refractivity (Wildman–Crippen MR) is 125 cm³/mol. The predicted octanol–water partition coefficient (Wildman–Crippen LogP) is 4.21. The van der Waals surface area contributed by atoms with Gasteiger partial charge < -0.3 is 24.8 Å². The smallest absolute Gasteiger partial charge is 0.256 e. The summed E-state index contributed by atoms with van der Waals surface area (Å²) in [5.41, 5.74) is 2.29. The third-order valence-corrected chi connectivity index (χ3v) is 6.91. The van der Waals surface area contributed by atoms with E-state index in [2.05, 4.69) is 10.6 Å². The van der Waals surface area contributed by atoms with Gasteiger partial charge in [-0.15, -0.1) is 0 Å². The van der Waals surface area contributed by atoms with Crippen LogP contribution in [0.4, 0.5) is 5.69 Å². The van der Waals surface area contributed by atoms with E-state index in [1.807, 2.05) is 23.6 Å². The molecule has 0 saturated carbocycles. The molecule has 1 aromatic heterocycles. The molecule has 0 spiro atoms.